The Bertz CT molecular complexity index is 1030. The van der Waals surface area contributed by atoms with Crippen molar-refractivity contribution in [2.45, 2.75) is 26.1 Å². The third-order valence-electron chi connectivity index (χ3n) is 4.84. The summed E-state index contributed by atoms with van der Waals surface area (Å²) in [5.74, 6) is -0.159. The fraction of sp³-hybridized carbons (Fsp3) is 0.217. The summed E-state index contributed by atoms with van der Waals surface area (Å²) in [4.78, 5) is 11.1. The maximum absolute atomic E-state index is 14.2. The van der Waals surface area contributed by atoms with E-state index in [1.54, 1.807) is 12.3 Å². The van der Waals surface area contributed by atoms with Gasteiger partial charge in [0, 0.05) is 49.5 Å². The van der Waals surface area contributed by atoms with Crippen LogP contribution >= 0.6 is 0 Å². The fourth-order valence-electron chi connectivity index (χ4n) is 3.40. The molecule has 0 spiro atoms. The predicted octanol–water partition coefficient (Wildman–Crippen LogP) is 4.66. The highest BCUT2D eigenvalue weighted by Crippen LogP contribution is 2.16. The highest BCUT2D eigenvalue weighted by atomic mass is 19.1. The van der Waals surface area contributed by atoms with E-state index in [1.165, 1.54) is 6.07 Å². The Hall–Kier alpha value is -3.05. The van der Waals surface area contributed by atoms with Gasteiger partial charge in [-0.05, 0) is 24.6 Å². The van der Waals surface area contributed by atoms with Gasteiger partial charge in [0.15, 0.2) is 0 Å². The van der Waals surface area contributed by atoms with Crippen molar-refractivity contribution < 1.29 is 4.39 Å². The number of pyridine rings is 1. The Morgan fingerprint density at radius 1 is 0.929 bits per heavy atom. The number of nitrogens with zero attached hydrogens (tertiary/aromatic N) is 4. The van der Waals surface area contributed by atoms with Crippen molar-refractivity contribution in [2.75, 3.05) is 6.54 Å². The minimum atomic E-state index is -0.159. The molecule has 4 aromatic rings. The van der Waals surface area contributed by atoms with E-state index < -0.39 is 0 Å². The lowest BCUT2D eigenvalue weighted by Crippen LogP contribution is -2.26. The highest BCUT2D eigenvalue weighted by Gasteiger charge is 2.11. The predicted molar refractivity (Wildman–Crippen MR) is 109 cm³/mol. The minimum Gasteiger partial charge on any atom is -0.337 e. The quantitative estimate of drug-likeness (QED) is 0.450. The van der Waals surface area contributed by atoms with Crippen molar-refractivity contribution in [3.63, 3.8) is 0 Å². The van der Waals surface area contributed by atoms with Crippen LogP contribution in [0.4, 0.5) is 4.39 Å². The van der Waals surface area contributed by atoms with Crippen LogP contribution in [0.1, 0.15) is 17.7 Å². The molecule has 2 aromatic heterocycles. The average molecular weight is 374 g/mol. The number of halogens is 1. The number of imidazole rings is 1. The van der Waals surface area contributed by atoms with Crippen LogP contribution in [-0.4, -0.2) is 26.0 Å². The molecular weight excluding hydrogens is 351 g/mol. The zero-order chi connectivity index (χ0) is 19.2. The second-order valence-corrected chi connectivity index (χ2v) is 6.95. The first kappa shape index (κ1) is 18.3. The summed E-state index contributed by atoms with van der Waals surface area (Å²) < 4.78 is 16.3. The summed E-state index contributed by atoms with van der Waals surface area (Å²) in [7, 11) is 0. The maximum atomic E-state index is 14.2. The van der Waals surface area contributed by atoms with Crippen LogP contribution in [0.2, 0.25) is 0 Å². The Morgan fingerprint density at radius 3 is 2.64 bits per heavy atom. The molecule has 0 aliphatic rings. The zero-order valence-electron chi connectivity index (χ0n) is 15.7. The molecule has 0 saturated heterocycles. The van der Waals surface area contributed by atoms with E-state index in [-0.39, 0.29) is 5.82 Å². The van der Waals surface area contributed by atoms with Crippen molar-refractivity contribution in [2.24, 2.45) is 0 Å². The Kier molecular flexibility index (Phi) is 5.73. The first-order chi connectivity index (χ1) is 13.8. The summed E-state index contributed by atoms with van der Waals surface area (Å²) in [5.41, 5.74) is 2.70. The van der Waals surface area contributed by atoms with Crippen molar-refractivity contribution in [1.29, 1.82) is 0 Å². The van der Waals surface area contributed by atoms with Crippen LogP contribution < -0.4 is 0 Å². The summed E-state index contributed by atoms with van der Waals surface area (Å²) in [6, 6.07) is 19.3. The Labute approximate surface area is 164 Å². The largest absolute Gasteiger partial charge is 0.337 e. The summed E-state index contributed by atoms with van der Waals surface area (Å²) in [6.07, 6.45) is 6.53. The third-order valence-corrected chi connectivity index (χ3v) is 4.84. The Balaban J connectivity index is 1.49. The van der Waals surface area contributed by atoms with E-state index >= 15 is 0 Å². The Morgan fingerprint density at radius 2 is 1.79 bits per heavy atom. The van der Waals surface area contributed by atoms with E-state index in [9.17, 15) is 4.39 Å². The lowest BCUT2D eigenvalue weighted by Gasteiger charge is -2.22. The van der Waals surface area contributed by atoms with Crippen molar-refractivity contribution in [1.82, 2.24) is 19.4 Å². The first-order valence-electron chi connectivity index (χ1n) is 9.54. The van der Waals surface area contributed by atoms with E-state index in [1.807, 2.05) is 42.9 Å². The van der Waals surface area contributed by atoms with Crippen LogP contribution in [0.25, 0.3) is 10.9 Å². The molecule has 0 N–H and O–H groups in total. The number of fused-ring (bicyclic) bond motifs is 1. The number of rotatable bonds is 8. The van der Waals surface area contributed by atoms with Crippen molar-refractivity contribution in [3.05, 3.63) is 96.5 Å². The molecule has 5 heteroatoms. The molecule has 0 radical (unpaired) electrons. The van der Waals surface area contributed by atoms with Crippen LogP contribution in [0.15, 0.2) is 79.4 Å². The minimum absolute atomic E-state index is 0.159. The van der Waals surface area contributed by atoms with Crippen LogP contribution in [0.3, 0.4) is 0 Å². The fourth-order valence-corrected chi connectivity index (χ4v) is 3.40. The first-order valence-corrected chi connectivity index (χ1v) is 9.54. The molecule has 2 heterocycles. The van der Waals surface area contributed by atoms with Crippen LogP contribution in [-0.2, 0) is 19.6 Å². The number of hydrogen-bond donors (Lipinski definition) is 0. The monoisotopic (exact) mass is 374 g/mol. The third kappa shape index (κ3) is 4.61. The van der Waals surface area contributed by atoms with Crippen LogP contribution in [0.5, 0.6) is 0 Å². The number of para-hydroxylation sites is 1. The van der Waals surface area contributed by atoms with Gasteiger partial charge in [0.1, 0.15) is 5.82 Å². The summed E-state index contributed by atoms with van der Waals surface area (Å²) in [6.45, 7) is 2.98. The normalized spacial score (nSPS) is 11.4. The molecule has 4 rings (SSSR count). The lowest BCUT2D eigenvalue weighted by atomic mass is 10.1. The molecule has 0 aliphatic carbocycles. The standard InChI is InChI=1S/C23H23FN4/c24-22-8-3-1-7-20(22)16-28(14-5-13-27-15-12-25-18-27)17-21-11-10-19-6-2-4-9-23(19)26-21/h1-4,6-12,15,18H,5,13-14,16-17H2. The molecule has 0 atom stereocenters. The molecule has 0 fully saturated rings. The van der Waals surface area contributed by atoms with E-state index in [0.29, 0.717) is 18.7 Å². The van der Waals surface area contributed by atoms with Gasteiger partial charge < -0.3 is 4.57 Å². The van der Waals surface area contributed by atoms with Gasteiger partial charge in [-0.25, -0.2) is 9.37 Å². The van der Waals surface area contributed by atoms with Gasteiger partial charge in [-0.2, -0.15) is 0 Å². The van der Waals surface area contributed by atoms with Gasteiger partial charge in [0.2, 0.25) is 0 Å². The van der Waals surface area contributed by atoms with Gasteiger partial charge in [0.05, 0.1) is 17.5 Å². The second-order valence-electron chi connectivity index (χ2n) is 6.95. The SMILES string of the molecule is Fc1ccccc1CN(CCCn1ccnc1)Cc1ccc2ccccc2n1. The van der Waals surface area contributed by atoms with E-state index in [4.69, 9.17) is 4.98 Å². The van der Waals surface area contributed by atoms with Crippen molar-refractivity contribution >= 4 is 10.9 Å². The molecule has 0 amide bonds. The van der Waals surface area contributed by atoms with E-state index in [2.05, 4.69) is 32.7 Å². The van der Waals surface area contributed by atoms with Gasteiger partial charge in [0.25, 0.3) is 0 Å². The zero-order valence-corrected chi connectivity index (χ0v) is 15.7. The molecule has 28 heavy (non-hydrogen) atoms. The molecule has 0 saturated carbocycles. The molecule has 0 bridgehead atoms. The highest BCUT2D eigenvalue weighted by molar-refractivity contribution is 5.78. The molecule has 0 unspecified atom stereocenters. The topological polar surface area (TPSA) is 34.0 Å². The van der Waals surface area contributed by atoms with Crippen LogP contribution in [0, 0.1) is 5.82 Å². The molecule has 4 nitrogen and oxygen atoms in total. The summed E-state index contributed by atoms with van der Waals surface area (Å²) in [5, 5.41) is 1.13. The number of aromatic nitrogens is 3. The molecule has 2 aromatic carbocycles. The van der Waals surface area contributed by atoms with Gasteiger partial charge >= 0.3 is 0 Å². The summed E-state index contributed by atoms with van der Waals surface area (Å²) >= 11 is 0. The van der Waals surface area contributed by atoms with Gasteiger partial charge in [-0.1, -0.05) is 42.5 Å². The molecule has 142 valence electrons. The maximum Gasteiger partial charge on any atom is 0.127 e. The average Bonchev–Trinajstić information content (AvgIpc) is 3.23. The van der Waals surface area contributed by atoms with Gasteiger partial charge in [-0.3, -0.25) is 9.88 Å². The number of aryl methyl sites for hydroxylation is 1. The van der Waals surface area contributed by atoms with Crippen molar-refractivity contribution in [3.8, 4) is 0 Å². The number of hydrogen-bond acceptors (Lipinski definition) is 3. The smallest absolute Gasteiger partial charge is 0.127 e. The number of benzene rings is 2. The molecule has 0 aliphatic heterocycles. The van der Waals surface area contributed by atoms with E-state index in [0.717, 1.165) is 36.1 Å². The lowest BCUT2D eigenvalue weighted by molar-refractivity contribution is 0.242. The van der Waals surface area contributed by atoms with Gasteiger partial charge in [-0.15, -0.1) is 0 Å². The second kappa shape index (κ2) is 8.76. The molecular formula is C23H23FN4.